The highest BCUT2D eigenvalue weighted by Gasteiger charge is 2.35. The van der Waals surface area contributed by atoms with Crippen molar-refractivity contribution >= 4 is 23.2 Å². The highest BCUT2D eigenvalue weighted by Crippen LogP contribution is 2.41. The summed E-state index contributed by atoms with van der Waals surface area (Å²) in [5.74, 6) is 0. The van der Waals surface area contributed by atoms with E-state index < -0.39 is 5.54 Å². The molecule has 1 aliphatic rings. The number of nitrogens with two attached hydrogens (primary N) is 1. The quantitative estimate of drug-likeness (QED) is 0.821. The SMILES string of the molecule is NC1(c2cc(Cl)ccc2Cl)CCCc2ccccc21. The molecule has 3 rings (SSSR count). The summed E-state index contributed by atoms with van der Waals surface area (Å²) in [4.78, 5) is 0. The first-order valence-electron chi connectivity index (χ1n) is 6.44. The van der Waals surface area contributed by atoms with Crippen molar-refractivity contribution in [3.05, 3.63) is 69.2 Å². The first-order valence-corrected chi connectivity index (χ1v) is 7.20. The normalized spacial score (nSPS) is 22.1. The van der Waals surface area contributed by atoms with Crippen molar-refractivity contribution in [1.82, 2.24) is 0 Å². The second-order valence-electron chi connectivity index (χ2n) is 5.11. The molecule has 0 amide bonds. The topological polar surface area (TPSA) is 26.0 Å². The van der Waals surface area contributed by atoms with Gasteiger partial charge in [0.1, 0.15) is 0 Å². The minimum atomic E-state index is -0.531. The van der Waals surface area contributed by atoms with Gasteiger partial charge < -0.3 is 5.73 Å². The van der Waals surface area contributed by atoms with Gasteiger partial charge in [0.15, 0.2) is 0 Å². The molecule has 2 N–H and O–H groups in total. The molecule has 1 unspecified atom stereocenters. The van der Waals surface area contributed by atoms with Crippen molar-refractivity contribution < 1.29 is 0 Å². The van der Waals surface area contributed by atoms with Crippen LogP contribution in [-0.4, -0.2) is 0 Å². The Morgan fingerprint density at radius 2 is 1.79 bits per heavy atom. The van der Waals surface area contributed by atoms with Crippen LogP contribution >= 0.6 is 23.2 Å². The van der Waals surface area contributed by atoms with Crippen molar-refractivity contribution in [2.45, 2.75) is 24.8 Å². The summed E-state index contributed by atoms with van der Waals surface area (Å²) in [5, 5.41) is 1.36. The smallest absolute Gasteiger partial charge is 0.0683 e. The summed E-state index contributed by atoms with van der Waals surface area (Å²) in [6.07, 6.45) is 3.04. The zero-order valence-electron chi connectivity index (χ0n) is 10.5. The Labute approximate surface area is 123 Å². The van der Waals surface area contributed by atoms with Gasteiger partial charge in [0.25, 0.3) is 0 Å². The van der Waals surface area contributed by atoms with Gasteiger partial charge in [0.2, 0.25) is 0 Å². The molecule has 1 atom stereocenters. The maximum Gasteiger partial charge on any atom is 0.0683 e. The molecule has 0 aliphatic heterocycles. The van der Waals surface area contributed by atoms with Crippen LogP contribution in [0.2, 0.25) is 10.0 Å². The first-order chi connectivity index (χ1) is 9.11. The monoisotopic (exact) mass is 291 g/mol. The molecular weight excluding hydrogens is 277 g/mol. The summed E-state index contributed by atoms with van der Waals surface area (Å²) in [7, 11) is 0. The zero-order valence-corrected chi connectivity index (χ0v) is 12.0. The van der Waals surface area contributed by atoms with Crippen LogP contribution in [0.25, 0.3) is 0 Å². The molecule has 0 saturated carbocycles. The summed E-state index contributed by atoms with van der Waals surface area (Å²) in [6.45, 7) is 0. The zero-order chi connectivity index (χ0) is 13.5. The number of halogens is 2. The predicted molar refractivity (Wildman–Crippen MR) is 80.8 cm³/mol. The van der Waals surface area contributed by atoms with Crippen molar-refractivity contribution in [3.63, 3.8) is 0 Å². The van der Waals surface area contributed by atoms with Gasteiger partial charge in [-0.25, -0.2) is 0 Å². The lowest BCUT2D eigenvalue weighted by Gasteiger charge is -2.37. The summed E-state index contributed by atoms with van der Waals surface area (Å²) < 4.78 is 0. The van der Waals surface area contributed by atoms with Crippen LogP contribution in [0.1, 0.15) is 29.5 Å². The van der Waals surface area contributed by atoms with Crippen molar-refractivity contribution in [2.24, 2.45) is 5.73 Å². The maximum absolute atomic E-state index is 6.72. The molecule has 0 heterocycles. The Bertz CT molecular complexity index is 624. The summed E-state index contributed by atoms with van der Waals surface area (Å²) in [5.41, 5.74) is 9.60. The molecule has 2 aromatic rings. The largest absolute Gasteiger partial charge is 0.318 e. The number of hydrogen-bond donors (Lipinski definition) is 1. The molecule has 0 spiro atoms. The van der Waals surface area contributed by atoms with Gasteiger partial charge in [-0.2, -0.15) is 0 Å². The molecule has 3 heteroatoms. The van der Waals surface area contributed by atoms with E-state index in [4.69, 9.17) is 28.9 Å². The highest BCUT2D eigenvalue weighted by molar-refractivity contribution is 6.33. The molecule has 0 saturated heterocycles. The Morgan fingerprint density at radius 3 is 2.63 bits per heavy atom. The molecule has 1 nitrogen and oxygen atoms in total. The fraction of sp³-hybridized carbons (Fsp3) is 0.250. The van der Waals surface area contributed by atoms with Crippen LogP contribution in [0.3, 0.4) is 0 Å². The molecule has 1 aliphatic carbocycles. The Hall–Kier alpha value is -1.02. The van der Waals surface area contributed by atoms with E-state index in [2.05, 4.69) is 18.2 Å². The fourth-order valence-electron chi connectivity index (χ4n) is 2.98. The van der Waals surface area contributed by atoms with Crippen LogP contribution in [0.4, 0.5) is 0 Å². The molecule has 2 aromatic carbocycles. The van der Waals surface area contributed by atoms with E-state index in [9.17, 15) is 0 Å². The number of fused-ring (bicyclic) bond motifs is 1. The maximum atomic E-state index is 6.72. The molecule has 98 valence electrons. The predicted octanol–water partition coefficient (Wildman–Crippen LogP) is 4.53. The lowest BCUT2D eigenvalue weighted by Crippen LogP contribution is -2.41. The van der Waals surface area contributed by atoms with Crippen LogP contribution in [0.5, 0.6) is 0 Å². The van der Waals surface area contributed by atoms with Crippen molar-refractivity contribution in [2.75, 3.05) is 0 Å². The van der Waals surface area contributed by atoms with E-state index >= 15 is 0 Å². The van der Waals surface area contributed by atoms with Gasteiger partial charge in [0, 0.05) is 10.0 Å². The average molecular weight is 292 g/mol. The summed E-state index contributed by atoms with van der Waals surface area (Å²) >= 11 is 12.5. The lowest BCUT2D eigenvalue weighted by atomic mass is 9.73. The molecule has 0 fully saturated rings. The molecule has 0 radical (unpaired) electrons. The summed E-state index contributed by atoms with van der Waals surface area (Å²) in [6, 6.07) is 13.9. The van der Waals surface area contributed by atoms with Crippen LogP contribution < -0.4 is 5.73 Å². The number of aryl methyl sites for hydroxylation is 1. The average Bonchev–Trinajstić information content (AvgIpc) is 2.42. The van der Waals surface area contributed by atoms with Crippen LogP contribution in [0.15, 0.2) is 42.5 Å². The Morgan fingerprint density at radius 1 is 1.00 bits per heavy atom. The first kappa shape index (κ1) is 13.0. The van der Waals surface area contributed by atoms with Gasteiger partial charge in [0.05, 0.1) is 5.54 Å². The third kappa shape index (κ3) is 2.16. The molecule has 0 bridgehead atoms. The van der Waals surface area contributed by atoms with E-state index in [-0.39, 0.29) is 0 Å². The number of rotatable bonds is 1. The van der Waals surface area contributed by atoms with Crippen LogP contribution in [-0.2, 0) is 12.0 Å². The van der Waals surface area contributed by atoms with Gasteiger partial charge in [-0.3, -0.25) is 0 Å². The minimum absolute atomic E-state index is 0.531. The van der Waals surface area contributed by atoms with Gasteiger partial charge in [-0.05, 0) is 54.2 Å². The molecule has 19 heavy (non-hydrogen) atoms. The van der Waals surface area contributed by atoms with Gasteiger partial charge in [-0.1, -0.05) is 47.5 Å². The van der Waals surface area contributed by atoms with Gasteiger partial charge >= 0.3 is 0 Å². The van der Waals surface area contributed by atoms with Gasteiger partial charge in [-0.15, -0.1) is 0 Å². The van der Waals surface area contributed by atoms with E-state index in [1.807, 2.05) is 18.2 Å². The van der Waals surface area contributed by atoms with E-state index in [1.165, 1.54) is 11.1 Å². The van der Waals surface area contributed by atoms with E-state index in [0.717, 1.165) is 24.8 Å². The van der Waals surface area contributed by atoms with E-state index in [1.54, 1.807) is 6.07 Å². The standard InChI is InChI=1S/C16H15Cl2N/c17-12-7-8-15(18)14(10-12)16(19)9-3-5-11-4-1-2-6-13(11)16/h1-2,4,6-8,10H,3,5,9,19H2. The third-order valence-corrected chi connectivity index (χ3v) is 4.49. The molecule has 0 aromatic heterocycles. The lowest BCUT2D eigenvalue weighted by molar-refractivity contribution is 0.443. The van der Waals surface area contributed by atoms with Crippen molar-refractivity contribution in [3.8, 4) is 0 Å². The van der Waals surface area contributed by atoms with E-state index in [0.29, 0.717) is 10.0 Å². The second kappa shape index (κ2) is 4.82. The minimum Gasteiger partial charge on any atom is -0.318 e. The highest BCUT2D eigenvalue weighted by atomic mass is 35.5. The third-order valence-electron chi connectivity index (χ3n) is 3.92. The van der Waals surface area contributed by atoms with Crippen LogP contribution in [0, 0.1) is 0 Å². The Kier molecular flexibility index (Phi) is 3.30. The number of benzene rings is 2. The Balaban J connectivity index is 2.21. The molecular formula is C16H15Cl2N. The van der Waals surface area contributed by atoms with Crippen molar-refractivity contribution in [1.29, 1.82) is 0 Å². The number of hydrogen-bond acceptors (Lipinski definition) is 1. The second-order valence-corrected chi connectivity index (χ2v) is 5.95. The fourth-order valence-corrected chi connectivity index (χ4v) is 3.44.